The van der Waals surface area contributed by atoms with Gasteiger partial charge in [0.25, 0.3) is 0 Å². The first-order valence-electron chi connectivity index (χ1n) is 10.7. The predicted octanol–water partition coefficient (Wildman–Crippen LogP) is 2.31. The quantitative estimate of drug-likeness (QED) is 0.498. The number of anilines is 2. The molecule has 1 aliphatic heterocycles. The number of halogens is 1. The topological polar surface area (TPSA) is 70.2 Å². The number of carbonyl (C=O) groups excluding carboxylic acids is 1. The third kappa shape index (κ3) is 5.32. The molecule has 1 aliphatic rings. The summed E-state index contributed by atoms with van der Waals surface area (Å²) in [4.78, 5) is 23.9. The Balaban J connectivity index is 1.55. The van der Waals surface area contributed by atoms with Crippen LogP contribution in [-0.4, -0.2) is 63.2 Å². The molecule has 2 aromatic carbocycles. The van der Waals surface area contributed by atoms with E-state index in [0.717, 1.165) is 37.1 Å². The molecule has 32 heavy (non-hydrogen) atoms. The molecule has 2 N–H and O–H groups in total. The van der Waals surface area contributed by atoms with Gasteiger partial charge < -0.3 is 0 Å². The fourth-order valence-electron chi connectivity index (χ4n) is 3.81. The molecule has 8 heteroatoms. The van der Waals surface area contributed by atoms with Crippen LogP contribution in [0.5, 0.6) is 0 Å². The molecule has 0 aliphatic carbocycles. The van der Waals surface area contributed by atoms with Crippen LogP contribution in [0.25, 0.3) is 0 Å². The average Bonchev–Trinajstić information content (AvgIpc) is 3.03. The fourth-order valence-corrected chi connectivity index (χ4v) is 5.77. The molecule has 0 saturated carbocycles. The van der Waals surface area contributed by atoms with Crippen molar-refractivity contribution in [3.63, 3.8) is 0 Å². The Bertz CT molecular complexity index is 1120. The number of rotatable bonds is 6. The third-order valence-electron chi connectivity index (χ3n) is 5.64. The summed E-state index contributed by atoms with van der Waals surface area (Å²) in [5.41, 5.74) is 4.09. The van der Waals surface area contributed by atoms with Gasteiger partial charge in [0.2, 0.25) is 0 Å². The molecular formula is C24H26AsClN5O. The molecule has 1 radical (unpaired) electrons. The van der Waals surface area contributed by atoms with Crippen LogP contribution in [0.1, 0.15) is 28.4 Å². The number of likely N-dealkylation sites (N-methyl/N-ethyl adjacent to an activating group) is 1. The summed E-state index contributed by atoms with van der Waals surface area (Å²) in [7, 11) is 1.61. The first-order chi connectivity index (χ1) is 15.6. The van der Waals surface area contributed by atoms with E-state index in [2.05, 4.69) is 45.6 Å². The first-order valence-corrected chi connectivity index (χ1v) is 13.0. The van der Waals surface area contributed by atoms with Crippen LogP contribution < -0.4 is 19.6 Å². The Morgan fingerprint density at radius 1 is 1.16 bits per heavy atom. The zero-order valence-electron chi connectivity index (χ0n) is 18.2. The molecule has 2 heterocycles. The van der Waals surface area contributed by atoms with Crippen molar-refractivity contribution in [1.29, 1.82) is 0 Å². The maximum absolute atomic E-state index is 12.2. The van der Waals surface area contributed by atoms with E-state index in [9.17, 15) is 4.79 Å². The Labute approximate surface area is 200 Å². The monoisotopic (exact) mass is 510 g/mol. The standard InChI is InChI=1S/C24H26AsClN5O/c1-3-31-12-10-16-8-9-18(14-17(16)11-13-31)25-24-28-15-20(26)22(30-24)29-21-7-5-4-6-19(21)23(32)27-2/h4-9,14-15H,3,10-13H2,1-2H3,(H,27,32)(H,28,29,30). The second-order valence-electron chi connectivity index (χ2n) is 7.62. The molecule has 0 atom stereocenters. The molecule has 6 nitrogen and oxygen atoms in total. The number of aromatic nitrogens is 2. The number of hydrogen-bond acceptors (Lipinski definition) is 5. The van der Waals surface area contributed by atoms with E-state index in [1.54, 1.807) is 19.3 Å². The van der Waals surface area contributed by atoms with Crippen LogP contribution in [0.15, 0.2) is 48.7 Å². The van der Waals surface area contributed by atoms with Crippen LogP contribution in [0.4, 0.5) is 11.5 Å². The molecule has 0 saturated heterocycles. The molecule has 1 amide bonds. The van der Waals surface area contributed by atoms with Crippen molar-refractivity contribution in [2.45, 2.75) is 19.8 Å². The van der Waals surface area contributed by atoms with Gasteiger partial charge in [-0.05, 0) is 0 Å². The number of amides is 1. The summed E-state index contributed by atoms with van der Waals surface area (Å²) in [6, 6.07) is 14.1. The molecule has 0 unspecified atom stereocenters. The van der Waals surface area contributed by atoms with Gasteiger partial charge in [-0.2, -0.15) is 0 Å². The number of para-hydroxylation sites is 1. The van der Waals surface area contributed by atoms with Gasteiger partial charge in [0.15, 0.2) is 0 Å². The van der Waals surface area contributed by atoms with Crippen molar-refractivity contribution in [2.75, 3.05) is 32.0 Å². The van der Waals surface area contributed by atoms with Crippen LogP contribution in [-0.2, 0) is 12.8 Å². The van der Waals surface area contributed by atoms with Gasteiger partial charge in [-0.3, -0.25) is 0 Å². The van der Waals surface area contributed by atoms with Crippen molar-refractivity contribution in [2.24, 2.45) is 0 Å². The number of carbonyl (C=O) groups is 1. The second-order valence-corrected chi connectivity index (χ2v) is 10.4. The van der Waals surface area contributed by atoms with Crippen LogP contribution in [0.3, 0.4) is 0 Å². The van der Waals surface area contributed by atoms with Gasteiger partial charge >= 0.3 is 201 Å². The number of fused-ring (bicyclic) bond motifs is 1. The number of benzene rings is 2. The van der Waals surface area contributed by atoms with Crippen molar-refractivity contribution < 1.29 is 4.79 Å². The third-order valence-corrected chi connectivity index (χ3v) is 7.92. The van der Waals surface area contributed by atoms with E-state index in [1.807, 2.05) is 18.2 Å². The van der Waals surface area contributed by atoms with Gasteiger partial charge in [-0.15, -0.1) is 0 Å². The van der Waals surface area contributed by atoms with Crippen molar-refractivity contribution in [3.8, 4) is 0 Å². The van der Waals surface area contributed by atoms with Crippen molar-refractivity contribution >= 4 is 53.7 Å². The number of nitrogens with one attached hydrogen (secondary N) is 2. The van der Waals surface area contributed by atoms with E-state index < -0.39 is 0 Å². The molecule has 1 aromatic heterocycles. The Morgan fingerprint density at radius 3 is 2.72 bits per heavy atom. The maximum atomic E-state index is 12.2. The predicted molar refractivity (Wildman–Crippen MR) is 131 cm³/mol. The molecule has 4 rings (SSSR count). The van der Waals surface area contributed by atoms with E-state index in [0.29, 0.717) is 22.1 Å². The second kappa shape index (κ2) is 10.5. The Kier molecular flexibility index (Phi) is 7.46. The van der Waals surface area contributed by atoms with Gasteiger partial charge in [0.1, 0.15) is 0 Å². The zero-order chi connectivity index (χ0) is 22.5. The summed E-state index contributed by atoms with van der Waals surface area (Å²) in [6.45, 7) is 5.57. The molecule has 0 fully saturated rings. The van der Waals surface area contributed by atoms with Gasteiger partial charge in [-0.25, -0.2) is 0 Å². The van der Waals surface area contributed by atoms with Gasteiger partial charge in [0.05, 0.1) is 0 Å². The summed E-state index contributed by atoms with van der Waals surface area (Å²) in [6.07, 6.45) is 3.83. The fraction of sp³-hybridized carbons (Fsp3) is 0.292. The van der Waals surface area contributed by atoms with E-state index in [-0.39, 0.29) is 21.7 Å². The van der Waals surface area contributed by atoms with Crippen LogP contribution in [0.2, 0.25) is 5.02 Å². The van der Waals surface area contributed by atoms with Crippen molar-refractivity contribution in [1.82, 2.24) is 20.2 Å². The van der Waals surface area contributed by atoms with Crippen LogP contribution in [0, 0.1) is 0 Å². The first kappa shape index (κ1) is 22.8. The number of hydrogen-bond donors (Lipinski definition) is 2. The van der Waals surface area contributed by atoms with Gasteiger partial charge in [-0.1, -0.05) is 0 Å². The average molecular weight is 511 g/mol. The van der Waals surface area contributed by atoms with Crippen LogP contribution >= 0.6 is 11.6 Å². The molecule has 165 valence electrons. The molecule has 3 aromatic rings. The van der Waals surface area contributed by atoms with Gasteiger partial charge in [0, 0.05) is 0 Å². The number of nitrogens with zero attached hydrogens (tertiary/aromatic N) is 3. The summed E-state index contributed by atoms with van der Waals surface area (Å²) in [5.74, 6) is 0.341. The van der Waals surface area contributed by atoms with E-state index >= 15 is 0 Å². The molecule has 0 spiro atoms. The normalized spacial score (nSPS) is 14.2. The van der Waals surface area contributed by atoms with E-state index in [4.69, 9.17) is 16.6 Å². The summed E-state index contributed by atoms with van der Waals surface area (Å²) in [5, 5.41) is 6.30. The minimum absolute atomic E-state index is 0.170. The van der Waals surface area contributed by atoms with Crippen molar-refractivity contribution in [3.05, 3.63) is 70.4 Å². The molecule has 0 bridgehead atoms. The van der Waals surface area contributed by atoms with E-state index in [1.165, 1.54) is 15.5 Å². The minimum atomic E-state index is -0.382. The molecular weight excluding hydrogens is 485 g/mol. The SMILES string of the molecule is CCN1CCc2ccc([As]c3ncc(Cl)c(Nc4ccccc4C(=O)NC)n3)cc2CC1. The summed E-state index contributed by atoms with van der Waals surface area (Å²) < 4.78 is 2.05. The Morgan fingerprint density at radius 2 is 1.94 bits per heavy atom. The zero-order valence-corrected chi connectivity index (χ0v) is 20.9. The Hall–Kier alpha value is -2.40. The summed E-state index contributed by atoms with van der Waals surface area (Å²) >= 11 is 5.99.